The second-order valence-corrected chi connectivity index (χ2v) is 8.27. The molecule has 0 aliphatic carbocycles. The van der Waals surface area contributed by atoms with Gasteiger partial charge >= 0.3 is 5.97 Å². The van der Waals surface area contributed by atoms with Crippen LogP contribution in [0.4, 0.5) is 0 Å². The largest absolute Gasteiger partial charge is 0.481 e. The molecule has 1 saturated heterocycles. The number of carbonyl (C=O) groups excluding carboxylic acids is 1. The molecular formula is C15H19N3O5S. The summed E-state index contributed by atoms with van der Waals surface area (Å²) in [6.45, 7) is 2.42. The molecule has 1 atom stereocenters. The SMILES string of the molecule is CC1(C(=O)O)CCCN(C(=O)C2=CC=CN3CCS(=O)(=O)N=C23)C1. The maximum absolute atomic E-state index is 12.9. The van der Waals surface area contributed by atoms with Crippen molar-refractivity contribution in [3.8, 4) is 0 Å². The highest BCUT2D eigenvalue weighted by atomic mass is 32.2. The Morgan fingerprint density at radius 2 is 2.08 bits per heavy atom. The van der Waals surface area contributed by atoms with Gasteiger partial charge in [0.1, 0.15) is 0 Å². The van der Waals surface area contributed by atoms with Crippen molar-refractivity contribution in [3.05, 3.63) is 23.9 Å². The number of piperidine rings is 1. The minimum Gasteiger partial charge on any atom is -0.481 e. The van der Waals surface area contributed by atoms with E-state index >= 15 is 0 Å². The Morgan fingerprint density at radius 1 is 1.33 bits per heavy atom. The minimum absolute atomic E-state index is 0.0941. The lowest BCUT2D eigenvalue weighted by Gasteiger charge is -2.39. The summed E-state index contributed by atoms with van der Waals surface area (Å²) >= 11 is 0. The molecule has 0 aromatic heterocycles. The smallest absolute Gasteiger partial charge is 0.311 e. The summed E-state index contributed by atoms with van der Waals surface area (Å²) in [5.41, 5.74) is -0.797. The van der Waals surface area contributed by atoms with Gasteiger partial charge in [0.25, 0.3) is 15.9 Å². The Labute approximate surface area is 140 Å². The van der Waals surface area contributed by atoms with Crippen molar-refractivity contribution in [1.29, 1.82) is 0 Å². The predicted molar refractivity (Wildman–Crippen MR) is 86.7 cm³/mol. The first kappa shape index (κ1) is 16.7. The van der Waals surface area contributed by atoms with E-state index in [2.05, 4.69) is 4.40 Å². The van der Waals surface area contributed by atoms with Crippen LogP contribution in [0.25, 0.3) is 0 Å². The van der Waals surface area contributed by atoms with E-state index in [1.807, 2.05) is 0 Å². The summed E-state index contributed by atoms with van der Waals surface area (Å²) < 4.78 is 27.3. The topological polar surface area (TPSA) is 107 Å². The molecular weight excluding hydrogens is 334 g/mol. The van der Waals surface area contributed by atoms with Gasteiger partial charge in [0.05, 0.1) is 16.7 Å². The number of allylic oxidation sites excluding steroid dienone is 2. The molecule has 3 aliphatic rings. The summed E-state index contributed by atoms with van der Waals surface area (Å²) in [4.78, 5) is 27.4. The standard InChI is InChI=1S/C15H19N3O5S/c1-15(14(20)21)5-3-7-18(10-15)13(19)11-4-2-6-17-8-9-24(22,23)16-12(11)17/h2,4,6H,3,5,7-10H2,1H3,(H,20,21). The minimum atomic E-state index is -3.58. The molecule has 0 bridgehead atoms. The van der Waals surface area contributed by atoms with Crippen molar-refractivity contribution in [2.45, 2.75) is 19.8 Å². The van der Waals surface area contributed by atoms with E-state index in [4.69, 9.17) is 0 Å². The molecule has 8 nitrogen and oxygen atoms in total. The third-order valence-corrected chi connectivity index (χ3v) is 5.74. The lowest BCUT2D eigenvalue weighted by molar-refractivity contribution is -0.152. The zero-order chi connectivity index (χ0) is 17.5. The van der Waals surface area contributed by atoms with Gasteiger partial charge in [0.2, 0.25) is 0 Å². The molecule has 0 spiro atoms. The highest BCUT2D eigenvalue weighted by Gasteiger charge is 2.41. The first-order valence-corrected chi connectivity index (χ1v) is 9.34. The molecule has 9 heteroatoms. The van der Waals surface area contributed by atoms with Crippen LogP contribution < -0.4 is 0 Å². The lowest BCUT2D eigenvalue weighted by atomic mass is 9.82. The molecule has 3 aliphatic heterocycles. The number of rotatable bonds is 2. The van der Waals surface area contributed by atoms with Crippen LogP contribution in [-0.2, 0) is 19.6 Å². The Bertz CT molecular complexity index is 783. The van der Waals surface area contributed by atoms with E-state index < -0.39 is 21.4 Å². The maximum atomic E-state index is 12.9. The first-order chi connectivity index (χ1) is 11.2. The normalized spacial score (nSPS) is 28.7. The van der Waals surface area contributed by atoms with Gasteiger partial charge in [-0.2, -0.15) is 0 Å². The number of carbonyl (C=O) groups is 2. The number of fused-ring (bicyclic) bond motifs is 1. The summed E-state index contributed by atoms with van der Waals surface area (Å²) in [5.74, 6) is -1.29. The van der Waals surface area contributed by atoms with Crippen molar-refractivity contribution in [2.24, 2.45) is 9.81 Å². The third-order valence-electron chi connectivity index (χ3n) is 4.59. The fourth-order valence-corrected chi connectivity index (χ4v) is 4.13. The first-order valence-electron chi connectivity index (χ1n) is 7.73. The average Bonchev–Trinajstić information content (AvgIpc) is 2.53. The van der Waals surface area contributed by atoms with Crippen LogP contribution >= 0.6 is 0 Å². The van der Waals surface area contributed by atoms with Crippen molar-refractivity contribution in [2.75, 3.05) is 25.4 Å². The molecule has 0 saturated carbocycles. The number of nitrogens with zero attached hydrogens (tertiary/aromatic N) is 3. The molecule has 0 aromatic rings. The molecule has 1 N–H and O–H groups in total. The molecule has 0 aromatic carbocycles. The van der Waals surface area contributed by atoms with Gasteiger partial charge in [-0.1, -0.05) is 0 Å². The van der Waals surface area contributed by atoms with Gasteiger partial charge in [-0.05, 0) is 31.9 Å². The van der Waals surface area contributed by atoms with Crippen LogP contribution in [0.2, 0.25) is 0 Å². The van der Waals surface area contributed by atoms with Gasteiger partial charge in [-0.15, -0.1) is 4.40 Å². The van der Waals surface area contributed by atoms with Crippen LogP contribution in [-0.4, -0.2) is 66.4 Å². The van der Waals surface area contributed by atoms with Crippen molar-refractivity contribution >= 4 is 27.7 Å². The highest BCUT2D eigenvalue weighted by Crippen LogP contribution is 2.31. The highest BCUT2D eigenvalue weighted by molar-refractivity contribution is 7.90. The van der Waals surface area contributed by atoms with Gasteiger partial charge < -0.3 is 14.9 Å². The Hall–Kier alpha value is -2.16. The third kappa shape index (κ3) is 2.95. The second-order valence-electron chi connectivity index (χ2n) is 6.51. The van der Waals surface area contributed by atoms with E-state index in [1.54, 1.807) is 24.1 Å². The van der Waals surface area contributed by atoms with Gasteiger partial charge in [-0.3, -0.25) is 9.59 Å². The van der Waals surface area contributed by atoms with Crippen molar-refractivity contribution in [1.82, 2.24) is 9.80 Å². The summed E-state index contributed by atoms with van der Waals surface area (Å²) in [6.07, 6.45) is 5.98. The van der Waals surface area contributed by atoms with Crippen LogP contribution in [0.5, 0.6) is 0 Å². The predicted octanol–water partition coefficient (Wildman–Crippen LogP) is 0.197. The zero-order valence-electron chi connectivity index (χ0n) is 13.3. The molecule has 1 amide bonds. The number of amidine groups is 1. The van der Waals surface area contributed by atoms with Crippen molar-refractivity contribution in [3.63, 3.8) is 0 Å². The quantitative estimate of drug-likeness (QED) is 0.760. The maximum Gasteiger partial charge on any atom is 0.311 e. The zero-order valence-corrected chi connectivity index (χ0v) is 14.1. The van der Waals surface area contributed by atoms with Crippen molar-refractivity contribution < 1.29 is 23.1 Å². The number of aliphatic carboxylic acids is 1. The molecule has 1 fully saturated rings. The van der Waals surface area contributed by atoms with Gasteiger partial charge in [0, 0.05) is 25.8 Å². The number of carboxylic acid groups (broad SMARTS) is 1. The molecule has 130 valence electrons. The van der Waals surface area contributed by atoms with Crippen LogP contribution in [0.1, 0.15) is 19.8 Å². The molecule has 1 unspecified atom stereocenters. The number of amides is 1. The number of sulfonamides is 1. The van der Waals surface area contributed by atoms with E-state index in [-0.39, 0.29) is 36.2 Å². The summed E-state index contributed by atoms with van der Waals surface area (Å²) in [5, 5.41) is 9.39. The fraction of sp³-hybridized carbons (Fsp3) is 0.533. The Morgan fingerprint density at radius 3 is 2.79 bits per heavy atom. The molecule has 24 heavy (non-hydrogen) atoms. The van der Waals surface area contributed by atoms with Crippen LogP contribution in [0, 0.1) is 5.41 Å². The number of hydrogen-bond acceptors (Lipinski definition) is 5. The van der Waals surface area contributed by atoms with Crippen LogP contribution in [0.3, 0.4) is 0 Å². The second kappa shape index (κ2) is 5.73. The van der Waals surface area contributed by atoms with E-state index in [9.17, 15) is 23.1 Å². The average molecular weight is 353 g/mol. The lowest BCUT2D eigenvalue weighted by Crippen LogP contribution is -2.50. The molecule has 3 heterocycles. The Kier molecular flexibility index (Phi) is 3.98. The van der Waals surface area contributed by atoms with E-state index in [0.717, 1.165) is 0 Å². The van der Waals surface area contributed by atoms with E-state index in [1.165, 1.54) is 11.0 Å². The van der Waals surface area contributed by atoms with Gasteiger partial charge in [-0.25, -0.2) is 8.42 Å². The van der Waals surface area contributed by atoms with Gasteiger partial charge in [0.15, 0.2) is 5.84 Å². The monoisotopic (exact) mass is 353 g/mol. The number of hydrogen-bond donors (Lipinski definition) is 1. The fourth-order valence-electron chi connectivity index (χ4n) is 3.14. The van der Waals surface area contributed by atoms with E-state index in [0.29, 0.717) is 19.4 Å². The summed E-state index contributed by atoms with van der Waals surface area (Å²) in [7, 11) is -3.58. The number of carboxylic acids is 1. The molecule has 3 rings (SSSR count). The molecule has 0 radical (unpaired) electrons. The number of likely N-dealkylation sites (tertiary alicyclic amines) is 1. The Balaban J connectivity index is 1.89. The summed E-state index contributed by atoms with van der Waals surface area (Å²) in [6, 6.07) is 0. The van der Waals surface area contributed by atoms with Crippen LogP contribution in [0.15, 0.2) is 28.3 Å².